The summed E-state index contributed by atoms with van der Waals surface area (Å²) in [7, 11) is 0. The highest BCUT2D eigenvalue weighted by Gasteiger charge is 2.14. The van der Waals surface area contributed by atoms with Crippen LogP contribution in [0.25, 0.3) is 0 Å². The summed E-state index contributed by atoms with van der Waals surface area (Å²) in [5.74, 6) is 0. The first-order valence-electron chi connectivity index (χ1n) is 4.12. The van der Waals surface area contributed by atoms with E-state index in [1.165, 1.54) is 19.3 Å². The molecule has 0 radical (unpaired) electrons. The molecule has 0 aliphatic heterocycles. The third-order valence-corrected chi connectivity index (χ3v) is 2.96. The van der Waals surface area contributed by atoms with Crippen LogP contribution in [0.5, 0.6) is 0 Å². The lowest BCUT2D eigenvalue weighted by Crippen LogP contribution is -2.07. The van der Waals surface area contributed by atoms with Gasteiger partial charge < -0.3 is 0 Å². The molecule has 3 heteroatoms. The zero-order valence-corrected chi connectivity index (χ0v) is 9.75. The Morgan fingerprint density at radius 2 is 1.91 bits per heavy atom. The van der Waals surface area contributed by atoms with E-state index >= 15 is 0 Å². The number of halogens is 2. The lowest BCUT2D eigenvalue weighted by atomic mass is 10.2. The summed E-state index contributed by atoms with van der Waals surface area (Å²) in [6.45, 7) is 2.16. The van der Waals surface area contributed by atoms with Crippen LogP contribution >= 0.6 is 22.2 Å². The number of unbranched alkanes of at least 4 members (excludes halogenated alkanes) is 3. The Balaban J connectivity index is 3.30. The van der Waals surface area contributed by atoms with Gasteiger partial charge in [0.15, 0.2) is 0 Å². The molecule has 0 saturated heterocycles. The van der Waals surface area contributed by atoms with Gasteiger partial charge in [0.05, 0.1) is 0 Å². The van der Waals surface area contributed by atoms with E-state index in [2.05, 4.69) is 13.0 Å². The maximum Gasteiger partial charge on any atom is 0.270 e. The van der Waals surface area contributed by atoms with E-state index in [-0.39, 0.29) is 0 Å². The summed E-state index contributed by atoms with van der Waals surface area (Å²) in [5.41, 5.74) is 1.98. The second kappa shape index (κ2) is 6.10. The summed E-state index contributed by atoms with van der Waals surface area (Å²) >= 11 is 11.7. The normalized spacial score (nSPS) is 12.7. The highest BCUT2D eigenvalue weighted by Crippen LogP contribution is 2.15. The van der Waals surface area contributed by atoms with Crippen molar-refractivity contribution in [1.82, 2.24) is 0 Å². The monoisotopic (exact) mass is 210 g/mol. The number of hydrogen-bond donors (Lipinski definition) is 0. The van der Waals surface area contributed by atoms with Crippen molar-refractivity contribution >= 4 is 28.9 Å². The summed E-state index contributed by atoms with van der Waals surface area (Å²) in [6, 6.07) is 0. The van der Waals surface area contributed by atoms with Gasteiger partial charge in [-0.25, -0.2) is 0 Å². The van der Waals surface area contributed by atoms with Gasteiger partial charge in [-0.15, -0.1) is 22.2 Å². The molecule has 0 aromatic carbocycles. The first kappa shape index (κ1) is 11.5. The highest BCUT2D eigenvalue weighted by molar-refractivity contribution is 7.47. The number of rotatable bonds is 5. The van der Waals surface area contributed by atoms with Crippen LogP contribution in [0, 0.1) is 0 Å². The zero-order chi connectivity index (χ0) is 8.74. The zero-order valence-electron chi connectivity index (χ0n) is 7.24. The second-order valence-electron chi connectivity index (χ2n) is 2.85. The molecule has 0 aliphatic carbocycles. The fourth-order valence-corrected chi connectivity index (χ4v) is 1.92. The summed E-state index contributed by atoms with van der Waals surface area (Å²) in [4.78, 5) is 0. The van der Waals surface area contributed by atoms with Crippen molar-refractivity contribution in [3.63, 3.8) is 0 Å². The van der Waals surface area contributed by atoms with Crippen LogP contribution in [-0.4, -0.2) is 6.69 Å². The van der Waals surface area contributed by atoms with Crippen molar-refractivity contribution in [2.24, 2.45) is 0 Å². The van der Waals surface area contributed by atoms with Gasteiger partial charge >= 0.3 is 0 Å². The van der Waals surface area contributed by atoms with E-state index in [9.17, 15) is 0 Å². The molecule has 0 aromatic heterocycles. The molecule has 0 nitrogen and oxygen atoms in total. The van der Waals surface area contributed by atoms with Crippen LogP contribution in [0.1, 0.15) is 32.6 Å². The van der Waals surface area contributed by atoms with E-state index in [1.54, 1.807) is 0 Å². The van der Waals surface area contributed by atoms with Crippen molar-refractivity contribution in [3.05, 3.63) is 11.8 Å². The first-order valence-corrected chi connectivity index (χ1v) is 8.72. The van der Waals surface area contributed by atoms with Gasteiger partial charge in [-0.3, -0.25) is 0 Å². The van der Waals surface area contributed by atoms with Gasteiger partial charge in [0.2, 0.25) is 0 Å². The lowest BCUT2D eigenvalue weighted by molar-refractivity contribution is 0.729. The summed E-state index contributed by atoms with van der Waals surface area (Å²) < 4.78 is 0. The Kier molecular flexibility index (Phi) is 6.40. The molecule has 0 aliphatic rings. The molecule has 0 atom stereocenters. The second-order valence-corrected chi connectivity index (χ2v) is 10.4. The Labute approximate surface area is 80.0 Å². The van der Waals surface area contributed by atoms with Gasteiger partial charge in [0, 0.05) is 0 Å². The van der Waals surface area contributed by atoms with Crippen molar-refractivity contribution in [2.75, 3.05) is 0 Å². The van der Waals surface area contributed by atoms with Crippen molar-refractivity contribution in [2.45, 2.75) is 39.2 Å². The smallest absolute Gasteiger partial charge is 0.141 e. The molecule has 0 fully saturated rings. The SMILES string of the molecule is CCCCC/C=C/[Si](C)(Cl)Cl. The Morgan fingerprint density at radius 3 is 2.36 bits per heavy atom. The molecule has 0 N–H and O–H groups in total. The van der Waals surface area contributed by atoms with Gasteiger partial charge in [-0.1, -0.05) is 31.5 Å². The fraction of sp³-hybridized carbons (Fsp3) is 0.750. The molecule has 0 heterocycles. The highest BCUT2D eigenvalue weighted by atomic mass is 35.7. The maximum atomic E-state index is 5.86. The molecule has 0 amide bonds. The quantitative estimate of drug-likeness (QED) is 0.363. The van der Waals surface area contributed by atoms with E-state index in [1.807, 2.05) is 12.2 Å². The Hall–Kier alpha value is 0.537. The predicted octanol–water partition coefficient (Wildman–Crippen LogP) is 4.21. The Morgan fingerprint density at radius 1 is 1.27 bits per heavy atom. The predicted molar refractivity (Wildman–Crippen MR) is 56.6 cm³/mol. The first-order chi connectivity index (χ1) is 5.06. The summed E-state index contributed by atoms with van der Waals surface area (Å²) in [6.07, 6.45) is 7.06. The standard InChI is InChI=1S/C8H16Cl2Si/c1-3-4-5-6-7-8-11(2,9)10/h7-8H,3-6H2,1-2H3/b8-7+. The maximum absolute atomic E-state index is 5.86. The lowest BCUT2D eigenvalue weighted by Gasteiger charge is -2.00. The average Bonchev–Trinajstić information content (AvgIpc) is 1.85. The molecule has 0 unspecified atom stereocenters. The molecule has 66 valence electrons. The summed E-state index contributed by atoms with van der Waals surface area (Å²) in [5, 5.41) is 0. The van der Waals surface area contributed by atoms with Crippen molar-refractivity contribution in [1.29, 1.82) is 0 Å². The molecule has 0 bridgehead atoms. The molecular weight excluding hydrogens is 195 g/mol. The average molecular weight is 211 g/mol. The number of allylic oxidation sites excluding steroid dienone is 1. The minimum atomic E-state index is -1.95. The van der Waals surface area contributed by atoms with Crippen LogP contribution in [0.3, 0.4) is 0 Å². The van der Waals surface area contributed by atoms with Crippen LogP contribution in [0.15, 0.2) is 11.8 Å². The minimum Gasteiger partial charge on any atom is -0.141 e. The topological polar surface area (TPSA) is 0 Å². The molecule has 0 aromatic rings. The largest absolute Gasteiger partial charge is 0.270 e. The third-order valence-electron chi connectivity index (χ3n) is 1.38. The van der Waals surface area contributed by atoms with Crippen LogP contribution < -0.4 is 0 Å². The van der Waals surface area contributed by atoms with E-state index < -0.39 is 6.69 Å². The molecule has 0 saturated carbocycles. The Bertz CT molecular complexity index is 116. The van der Waals surface area contributed by atoms with Crippen molar-refractivity contribution < 1.29 is 0 Å². The van der Waals surface area contributed by atoms with Crippen LogP contribution in [0.4, 0.5) is 0 Å². The van der Waals surface area contributed by atoms with Gasteiger partial charge in [-0.2, -0.15) is 0 Å². The molecule has 0 spiro atoms. The molecule has 11 heavy (non-hydrogen) atoms. The van der Waals surface area contributed by atoms with E-state index in [0.717, 1.165) is 6.42 Å². The number of hydrogen-bond acceptors (Lipinski definition) is 0. The fourth-order valence-electron chi connectivity index (χ4n) is 0.802. The van der Waals surface area contributed by atoms with Crippen molar-refractivity contribution in [3.8, 4) is 0 Å². The van der Waals surface area contributed by atoms with E-state index in [0.29, 0.717) is 0 Å². The molecule has 0 rings (SSSR count). The van der Waals surface area contributed by atoms with E-state index in [4.69, 9.17) is 22.2 Å². The van der Waals surface area contributed by atoms with Crippen LogP contribution in [0.2, 0.25) is 6.55 Å². The van der Waals surface area contributed by atoms with Gasteiger partial charge in [-0.05, 0) is 19.4 Å². The van der Waals surface area contributed by atoms with Crippen LogP contribution in [-0.2, 0) is 0 Å². The third kappa shape index (κ3) is 10.5. The van der Waals surface area contributed by atoms with Gasteiger partial charge in [0.1, 0.15) is 0 Å². The minimum absolute atomic E-state index is 1.12. The van der Waals surface area contributed by atoms with Gasteiger partial charge in [0.25, 0.3) is 6.69 Å². The molecular formula is C8H16Cl2Si.